The summed E-state index contributed by atoms with van der Waals surface area (Å²) in [7, 11) is 0. The Morgan fingerprint density at radius 2 is 2.03 bits per heavy atom. The Hall–Kier alpha value is -4.14. The number of benzene rings is 1. The highest BCUT2D eigenvalue weighted by atomic mass is 16.5. The Balaban J connectivity index is 1.18. The molecule has 5 heterocycles. The number of ether oxygens (including phenoxy) is 1. The first-order valence-electron chi connectivity index (χ1n) is 11.5. The van der Waals surface area contributed by atoms with Gasteiger partial charge >= 0.3 is 0 Å². The van der Waals surface area contributed by atoms with Gasteiger partial charge in [0, 0.05) is 37.1 Å². The average Bonchev–Trinajstić information content (AvgIpc) is 3.38. The van der Waals surface area contributed by atoms with Gasteiger partial charge in [0.15, 0.2) is 0 Å². The summed E-state index contributed by atoms with van der Waals surface area (Å²) in [6.07, 6.45) is 8.17. The fraction of sp³-hybridized carbons (Fsp3) is 0.280. The van der Waals surface area contributed by atoms with E-state index in [9.17, 15) is 0 Å². The van der Waals surface area contributed by atoms with E-state index in [0.29, 0.717) is 19.0 Å². The van der Waals surface area contributed by atoms with Crippen LogP contribution in [0.5, 0.6) is 5.88 Å². The number of aromatic nitrogens is 5. The maximum absolute atomic E-state index is 5.69. The van der Waals surface area contributed by atoms with Crippen molar-refractivity contribution in [3.05, 3.63) is 77.6 Å². The normalized spacial score (nSPS) is 14.6. The van der Waals surface area contributed by atoms with E-state index in [2.05, 4.69) is 72.8 Å². The van der Waals surface area contributed by atoms with Crippen LogP contribution in [0.2, 0.25) is 0 Å². The van der Waals surface area contributed by atoms with Crippen LogP contribution in [0.3, 0.4) is 0 Å². The molecule has 34 heavy (non-hydrogen) atoms. The Morgan fingerprint density at radius 3 is 2.88 bits per heavy atom. The standard InChI is InChI=1S/C25H26N8O/c1-17-22(12-29-25-24(17)27-7-9-34-25)32-8-6-19-11-28-23(10-20(19)14-32)31-21-4-2-18(3-5-21)13-33-16-26-15-30-33/h2-5,10-12,15-16,27H,6-9,13-14H2,1H3,(H,28,31). The Labute approximate surface area is 197 Å². The van der Waals surface area contributed by atoms with Crippen LogP contribution in [0, 0.1) is 6.92 Å². The first-order valence-corrected chi connectivity index (χ1v) is 11.5. The van der Waals surface area contributed by atoms with E-state index in [-0.39, 0.29) is 0 Å². The van der Waals surface area contributed by atoms with E-state index in [0.717, 1.165) is 48.9 Å². The SMILES string of the molecule is Cc1c(N2CCc3cnc(Nc4ccc(Cn5cncn5)cc4)cc3C2)cnc2c1NCCO2. The fourth-order valence-corrected chi connectivity index (χ4v) is 4.58. The van der Waals surface area contributed by atoms with Gasteiger partial charge in [-0.15, -0.1) is 0 Å². The molecular formula is C25H26N8O. The van der Waals surface area contributed by atoms with Gasteiger partial charge in [0.25, 0.3) is 0 Å². The quantitative estimate of drug-likeness (QED) is 0.473. The monoisotopic (exact) mass is 454 g/mol. The molecule has 0 radical (unpaired) electrons. The number of hydrogen-bond donors (Lipinski definition) is 2. The summed E-state index contributed by atoms with van der Waals surface area (Å²) in [5, 5.41) is 11.0. The zero-order valence-electron chi connectivity index (χ0n) is 19.0. The highest BCUT2D eigenvalue weighted by Gasteiger charge is 2.23. The average molecular weight is 455 g/mol. The van der Waals surface area contributed by atoms with Gasteiger partial charge in [-0.25, -0.2) is 19.6 Å². The molecule has 0 spiro atoms. The zero-order chi connectivity index (χ0) is 22.9. The van der Waals surface area contributed by atoms with Crippen molar-refractivity contribution in [2.45, 2.75) is 26.4 Å². The van der Waals surface area contributed by atoms with Crippen molar-refractivity contribution in [3.8, 4) is 5.88 Å². The molecule has 9 heteroatoms. The van der Waals surface area contributed by atoms with Crippen LogP contribution >= 0.6 is 0 Å². The maximum atomic E-state index is 5.69. The van der Waals surface area contributed by atoms with Crippen LogP contribution in [-0.4, -0.2) is 44.4 Å². The van der Waals surface area contributed by atoms with Crippen molar-refractivity contribution < 1.29 is 4.74 Å². The van der Waals surface area contributed by atoms with Gasteiger partial charge in [0.1, 0.15) is 30.8 Å². The van der Waals surface area contributed by atoms with Gasteiger partial charge in [-0.1, -0.05) is 12.1 Å². The highest BCUT2D eigenvalue weighted by molar-refractivity contribution is 5.70. The Kier molecular flexibility index (Phi) is 5.21. The second-order valence-corrected chi connectivity index (χ2v) is 8.65. The van der Waals surface area contributed by atoms with Crippen molar-refractivity contribution in [1.29, 1.82) is 0 Å². The first-order chi connectivity index (χ1) is 16.7. The summed E-state index contributed by atoms with van der Waals surface area (Å²) in [6.45, 7) is 6.07. The molecule has 0 saturated heterocycles. The minimum absolute atomic E-state index is 0.656. The summed E-state index contributed by atoms with van der Waals surface area (Å²) in [5.74, 6) is 1.55. The molecule has 2 N–H and O–H groups in total. The third kappa shape index (κ3) is 4.00. The molecule has 6 rings (SSSR count). The maximum Gasteiger partial charge on any atom is 0.237 e. The lowest BCUT2D eigenvalue weighted by Gasteiger charge is -2.33. The summed E-state index contributed by atoms with van der Waals surface area (Å²) in [6, 6.07) is 10.5. The highest BCUT2D eigenvalue weighted by Crippen LogP contribution is 2.36. The molecule has 0 unspecified atom stereocenters. The predicted octanol–water partition coefficient (Wildman–Crippen LogP) is 3.54. The molecule has 172 valence electrons. The molecule has 0 aliphatic carbocycles. The molecule has 0 atom stereocenters. The molecular weight excluding hydrogens is 428 g/mol. The molecule has 0 saturated carbocycles. The van der Waals surface area contributed by atoms with Gasteiger partial charge in [0.05, 0.1) is 18.4 Å². The van der Waals surface area contributed by atoms with E-state index in [1.165, 1.54) is 22.3 Å². The van der Waals surface area contributed by atoms with E-state index in [4.69, 9.17) is 4.74 Å². The predicted molar refractivity (Wildman–Crippen MR) is 131 cm³/mol. The fourth-order valence-electron chi connectivity index (χ4n) is 4.58. The van der Waals surface area contributed by atoms with E-state index in [1.807, 2.05) is 17.1 Å². The minimum Gasteiger partial charge on any atom is -0.474 e. The molecule has 0 fully saturated rings. The van der Waals surface area contributed by atoms with Gasteiger partial charge in [-0.2, -0.15) is 5.10 Å². The topological polar surface area (TPSA) is 93.0 Å². The smallest absolute Gasteiger partial charge is 0.237 e. The van der Waals surface area contributed by atoms with Crippen molar-refractivity contribution in [1.82, 2.24) is 24.7 Å². The lowest BCUT2D eigenvalue weighted by Crippen LogP contribution is -2.32. The van der Waals surface area contributed by atoms with Gasteiger partial charge in [-0.05, 0) is 48.2 Å². The number of anilines is 4. The van der Waals surface area contributed by atoms with E-state index in [1.54, 1.807) is 12.7 Å². The summed E-state index contributed by atoms with van der Waals surface area (Å²) < 4.78 is 7.50. The third-order valence-corrected chi connectivity index (χ3v) is 6.39. The van der Waals surface area contributed by atoms with Crippen LogP contribution < -0.4 is 20.3 Å². The summed E-state index contributed by atoms with van der Waals surface area (Å²) in [4.78, 5) is 15.6. The van der Waals surface area contributed by atoms with Gasteiger partial charge in [-0.3, -0.25) is 0 Å². The second-order valence-electron chi connectivity index (χ2n) is 8.65. The molecule has 0 bridgehead atoms. The third-order valence-electron chi connectivity index (χ3n) is 6.39. The number of nitrogens with one attached hydrogen (secondary N) is 2. The van der Waals surface area contributed by atoms with Crippen LogP contribution in [0.1, 0.15) is 22.3 Å². The molecule has 9 nitrogen and oxygen atoms in total. The number of nitrogens with zero attached hydrogens (tertiary/aromatic N) is 6. The zero-order valence-corrected chi connectivity index (χ0v) is 19.0. The van der Waals surface area contributed by atoms with E-state index < -0.39 is 0 Å². The van der Waals surface area contributed by atoms with Crippen molar-refractivity contribution in [2.24, 2.45) is 0 Å². The van der Waals surface area contributed by atoms with Gasteiger partial charge in [0.2, 0.25) is 5.88 Å². The molecule has 1 aromatic carbocycles. The summed E-state index contributed by atoms with van der Waals surface area (Å²) >= 11 is 0. The number of fused-ring (bicyclic) bond motifs is 2. The second kappa shape index (κ2) is 8.66. The molecule has 3 aromatic heterocycles. The van der Waals surface area contributed by atoms with Gasteiger partial charge < -0.3 is 20.3 Å². The number of hydrogen-bond acceptors (Lipinski definition) is 8. The first kappa shape index (κ1) is 20.5. The van der Waals surface area contributed by atoms with Crippen molar-refractivity contribution in [3.63, 3.8) is 0 Å². The molecule has 4 aromatic rings. The Bertz CT molecular complexity index is 1300. The number of rotatable bonds is 5. The molecule has 2 aliphatic heterocycles. The molecule has 0 amide bonds. The van der Waals surface area contributed by atoms with Crippen molar-refractivity contribution >= 4 is 22.9 Å². The van der Waals surface area contributed by atoms with Crippen molar-refractivity contribution in [2.75, 3.05) is 35.2 Å². The number of pyridine rings is 2. The van der Waals surface area contributed by atoms with Crippen LogP contribution in [0.15, 0.2) is 55.4 Å². The molecule has 2 aliphatic rings. The van der Waals surface area contributed by atoms with Crippen LogP contribution in [0.4, 0.5) is 22.9 Å². The Morgan fingerprint density at radius 1 is 1.12 bits per heavy atom. The van der Waals surface area contributed by atoms with Crippen LogP contribution in [-0.2, 0) is 19.5 Å². The van der Waals surface area contributed by atoms with Crippen LogP contribution in [0.25, 0.3) is 0 Å². The summed E-state index contributed by atoms with van der Waals surface area (Å²) in [5.41, 5.74) is 8.10. The van der Waals surface area contributed by atoms with E-state index >= 15 is 0 Å². The lowest BCUT2D eigenvalue weighted by molar-refractivity contribution is 0.310. The largest absolute Gasteiger partial charge is 0.474 e. The minimum atomic E-state index is 0.656. The lowest BCUT2D eigenvalue weighted by atomic mass is 10.0.